The van der Waals surface area contributed by atoms with Gasteiger partial charge in [-0.25, -0.2) is 14.6 Å². The lowest BCUT2D eigenvalue weighted by atomic mass is 9.73. The zero-order chi connectivity index (χ0) is 26.8. The summed E-state index contributed by atoms with van der Waals surface area (Å²) in [7, 11) is 0. The molecule has 0 aromatic heterocycles. The Kier molecular flexibility index (Phi) is 7.98. The zero-order valence-corrected chi connectivity index (χ0v) is 22.6. The predicted molar refractivity (Wildman–Crippen MR) is 141 cm³/mol. The summed E-state index contributed by atoms with van der Waals surface area (Å²) in [5, 5.41) is 11.7. The van der Waals surface area contributed by atoms with Crippen LogP contribution in [-0.4, -0.2) is 42.8 Å². The lowest BCUT2D eigenvalue weighted by molar-refractivity contribution is -0.00951. The predicted octanol–water partition coefficient (Wildman–Crippen LogP) is 5.87. The minimum Gasteiger partial charge on any atom is -0.444 e. The maximum atomic E-state index is 13.8. The van der Waals surface area contributed by atoms with E-state index in [-0.39, 0.29) is 24.6 Å². The molecule has 1 saturated heterocycles. The van der Waals surface area contributed by atoms with E-state index in [2.05, 4.69) is 11.5 Å². The van der Waals surface area contributed by atoms with Gasteiger partial charge in [0, 0.05) is 35.6 Å². The normalized spacial score (nSPS) is 17.8. The number of hydrogen-bond acceptors (Lipinski definition) is 6. The van der Waals surface area contributed by atoms with Crippen LogP contribution in [0.15, 0.2) is 36.4 Å². The summed E-state index contributed by atoms with van der Waals surface area (Å²) in [6.07, 6.45) is 0.671. The van der Waals surface area contributed by atoms with E-state index >= 15 is 0 Å². The highest BCUT2D eigenvalue weighted by Gasteiger charge is 2.39. The number of carbonyl (C=O) groups is 1. The van der Waals surface area contributed by atoms with Gasteiger partial charge < -0.3 is 14.4 Å². The Morgan fingerprint density at radius 2 is 1.92 bits per heavy atom. The number of nitrogens with one attached hydrogen (secondary N) is 1. The molecule has 1 N–H and O–H groups in total. The first kappa shape index (κ1) is 27.2. The minimum absolute atomic E-state index is 0.203. The van der Waals surface area contributed by atoms with Crippen molar-refractivity contribution in [2.24, 2.45) is 0 Å². The van der Waals surface area contributed by atoms with Crippen LogP contribution >= 0.6 is 11.6 Å². The van der Waals surface area contributed by atoms with Crippen molar-refractivity contribution in [1.82, 2.24) is 10.3 Å². The second kappa shape index (κ2) is 10.9. The van der Waals surface area contributed by atoms with Gasteiger partial charge in [-0.2, -0.15) is 5.26 Å². The largest absolute Gasteiger partial charge is 0.444 e. The van der Waals surface area contributed by atoms with Crippen LogP contribution in [0.2, 0.25) is 5.02 Å². The molecule has 2 heterocycles. The maximum Gasteiger partial charge on any atom is 0.410 e. The Bertz CT molecular complexity index is 1170. The summed E-state index contributed by atoms with van der Waals surface area (Å²) in [6.45, 7) is 9.74. The number of amides is 1. The molecule has 0 aliphatic carbocycles. The third kappa shape index (κ3) is 6.18. The fourth-order valence-corrected chi connectivity index (χ4v) is 5.31. The fraction of sp³-hybridized carbons (Fsp3) is 0.500. The molecule has 2 aromatic carbocycles. The van der Waals surface area contributed by atoms with Crippen molar-refractivity contribution in [2.45, 2.75) is 64.2 Å². The van der Waals surface area contributed by atoms with Gasteiger partial charge in [-0.05, 0) is 75.9 Å². The summed E-state index contributed by atoms with van der Waals surface area (Å²) in [6, 6.07) is 12.5. The number of hydrogen-bond donors (Lipinski definition) is 1. The Morgan fingerprint density at radius 1 is 1.24 bits per heavy atom. The molecule has 0 bridgehead atoms. The van der Waals surface area contributed by atoms with Crippen molar-refractivity contribution in [3.05, 3.63) is 63.9 Å². The van der Waals surface area contributed by atoms with E-state index in [9.17, 15) is 14.4 Å². The van der Waals surface area contributed by atoms with Gasteiger partial charge >= 0.3 is 6.09 Å². The lowest BCUT2D eigenvalue weighted by Gasteiger charge is -2.42. The summed E-state index contributed by atoms with van der Waals surface area (Å²) in [5.41, 5.74) is 6.11. The van der Waals surface area contributed by atoms with E-state index in [4.69, 9.17) is 21.1 Å². The van der Waals surface area contributed by atoms with Crippen LogP contribution in [0.5, 0.6) is 0 Å². The highest BCUT2D eigenvalue weighted by molar-refractivity contribution is 6.30. The van der Waals surface area contributed by atoms with Crippen LogP contribution in [0.4, 0.5) is 14.9 Å². The van der Waals surface area contributed by atoms with E-state index in [1.54, 1.807) is 4.90 Å². The first-order chi connectivity index (χ1) is 17.5. The van der Waals surface area contributed by atoms with Gasteiger partial charge in [0.25, 0.3) is 0 Å². The van der Waals surface area contributed by atoms with Gasteiger partial charge in [0.2, 0.25) is 0 Å². The third-order valence-corrected chi connectivity index (χ3v) is 7.24. The topological polar surface area (TPSA) is 77.8 Å². The monoisotopic (exact) mass is 528 g/mol. The van der Waals surface area contributed by atoms with E-state index in [0.29, 0.717) is 44.1 Å². The molecule has 1 unspecified atom stereocenters. The molecule has 0 radical (unpaired) electrons. The van der Waals surface area contributed by atoms with Crippen molar-refractivity contribution >= 4 is 23.4 Å². The molecule has 2 aliphatic heterocycles. The molecule has 1 fully saturated rings. The second-order valence-corrected chi connectivity index (χ2v) is 11.2. The maximum absolute atomic E-state index is 13.8. The van der Waals surface area contributed by atoms with Crippen molar-refractivity contribution in [1.29, 1.82) is 5.26 Å². The van der Waals surface area contributed by atoms with Crippen LogP contribution in [0, 0.1) is 17.1 Å². The van der Waals surface area contributed by atoms with Crippen molar-refractivity contribution in [2.75, 3.05) is 31.3 Å². The Hall–Kier alpha value is -2.86. The molecule has 198 valence electrons. The first-order valence-electron chi connectivity index (χ1n) is 12.6. The SMILES string of the molecule is CC(OCC1(c2ccc(F)cc2)CCN(C(=O)OC(C)(C)C)CC1)c1cc(Cl)cc2c1N(CC#N)NC2. The lowest BCUT2D eigenvalue weighted by Crippen LogP contribution is -2.48. The number of piperidine rings is 1. The number of hydrazine groups is 1. The Balaban J connectivity index is 1.55. The number of fused-ring (bicyclic) bond motifs is 1. The molecule has 37 heavy (non-hydrogen) atoms. The number of benzene rings is 2. The van der Waals surface area contributed by atoms with Crippen molar-refractivity contribution in [3.8, 4) is 6.07 Å². The molecule has 2 aromatic rings. The van der Waals surface area contributed by atoms with E-state index < -0.39 is 11.0 Å². The summed E-state index contributed by atoms with van der Waals surface area (Å²) in [4.78, 5) is 14.4. The van der Waals surface area contributed by atoms with E-state index in [1.165, 1.54) is 12.1 Å². The van der Waals surface area contributed by atoms with Crippen molar-refractivity contribution in [3.63, 3.8) is 0 Å². The van der Waals surface area contributed by atoms with Crippen LogP contribution in [0.1, 0.15) is 63.3 Å². The molecule has 4 rings (SSSR count). The first-order valence-corrected chi connectivity index (χ1v) is 12.9. The van der Waals surface area contributed by atoms with Crippen LogP contribution < -0.4 is 10.4 Å². The number of anilines is 1. The van der Waals surface area contributed by atoms with E-state index in [1.807, 2.05) is 57.0 Å². The van der Waals surface area contributed by atoms with Gasteiger partial charge in [-0.15, -0.1) is 0 Å². The van der Waals surface area contributed by atoms with Gasteiger partial charge in [-0.3, -0.25) is 5.01 Å². The summed E-state index contributed by atoms with van der Waals surface area (Å²) < 4.78 is 25.8. The van der Waals surface area contributed by atoms with Gasteiger partial charge in [-0.1, -0.05) is 23.7 Å². The molecule has 1 atom stereocenters. The number of nitrogens with zero attached hydrogens (tertiary/aromatic N) is 3. The number of rotatable bonds is 6. The quantitative estimate of drug-likeness (QED) is 0.472. The van der Waals surface area contributed by atoms with Crippen LogP contribution in [-0.2, 0) is 21.4 Å². The molecule has 2 aliphatic rings. The number of halogens is 2. The number of nitriles is 1. The molecule has 0 saturated carbocycles. The molecular weight excluding hydrogens is 495 g/mol. The molecule has 9 heteroatoms. The number of likely N-dealkylation sites (tertiary alicyclic amines) is 1. The second-order valence-electron chi connectivity index (χ2n) is 10.8. The van der Waals surface area contributed by atoms with E-state index in [0.717, 1.165) is 22.4 Å². The Labute approximate surface area is 223 Å². The highest BCUT2D eigenvalue weighted by Crippen LogP contribution is 2.41. The molecular formula is C28H34ClFN4O3. The standard InChI is InChI=1S/C28H34ClFN4O3/c1-19(24-16-22(29)15-20-17-32-34(14-11-31)25(20)24)36-18-28(21-5-7-23(30)8-6-21)9-12-33(13-10-28)26(35)37-27(2,3)4/h5-8,15-16,19,32H,9-10,12-14,17-18H2,1-4H3. The van der Waals surface area contributed by atoms with Crippen LogP contribution in [0.25, 0.3) is 0 Å². The average molecular weight is 529 g/mol. The average Bonchev–Trinajstić information content (AvgIpc) is 3.24. The highest BCUT2D eigenvalue weighted by atomic mass is 35.5. The Morgan fingerprint density at radius 3 is 2.54 bits per heavy atom. The zero-order valence-electron chi connectivity index (χ0n) is 21.8. The van der Waals surface area contributed by atoms with Crippen molar-refractivity contribution < 1.29 is 18.7 Å². The van der Waals surface area contributed by atoms with Crippen LogP contribution in [0.3, 0.4) is 0 Å². The summed E-state index contributed by atoms with van der Waals surface area (Å²) in [5.74, 6) is -0.293. The molecule has 0 spiro atoms. The third-order valence-electron chi connectivity index (χ3n) is 7.02. The van der Waals surface area contributed by atoms with Gasteiger partial charge in [0.15, 0.2) is 0 Å². The van der Waals surface area contributed by atoms with Gasteiger partial charge in [0.1, 0.15) is 18.0 Å². The molecule has 1 amide bonds. The summed E-state index contributed by atoms with van der Waals surface area (Å²) >= 11 is 6.42. The van der Waals surface area contributed by atoms with Gasteiger partial charge in [0.05, 0.1) is 24.5 Å². The smallest absolute Gasteiger partial charge is 0.410 e. The fourth-order valence-electron chi connectivity index (χ4n) is 5.06. The number of carbonyl (C=O) groups excluding carboxylic acids is 1. The number of ether oxygens (including phenoxy) is 2. The minimum atomic E-state index is -0.563. The molecule has 7 nitrogen and oxygen atoms in total.